The van der Waals surface area contributed by atoms with Crippen LogP contribution >= 0.6 is 23.5 Å². The lowest BCUT2D eigenvalue weighted by atomic mass is 9.99. The number of hydrogen-bond acceptors (Lipinski definition) is 7. The summed E-state index contributed by atoms with van der Waals surface area (Å²) >= 11 is 7.59. The lowest BCUT2D eigenvalue weighted by Gasteiger charge is -2.26. The van der Waals surface area contributed by atoms with Crippen molar-refractivity contribution in [3.8, 4) is 11.5 Å². The summed E-state index contributed by atoms with van der Waals surface area (Å²) in [6, 6.07) is 10.6. The average molecular weight is 490 g/mol. The average Bonchev–Trinajstić information content (AvgIpc) is 2.84. The summed E-state index contributed by atoms with van der Waals surface area (Å²) in [6.45, 7) is 5.73. The Bertz CT molecular complexity index is 1040. The number of carbonyl (C=O) groups excluding carboxylic acids is 1. The van der Waals surface area contributed by atoms with Crippen molar-refractivity contribution in [2.75, 3.05) is 32.2 Å². The van der Waals surface area contributed by atoms with Crippen LogP contribution in [0.2, 0.25) is 5.02 Å². The van der Waals surface area contributed by atoms with Gasteiger partial charge >= 0.3 is 0 Å². The van der Waals surface area contributed by atoms with Crippen LogP contribution < -0.4 is 13.8 Å². The van der Waals surface area contributed by atoms with Crippen LogP contribution in [-0.4, -0.2) is 39.3 Å². The van der Waals surface area contributed by atoms with Crippen molar-refractivity contribution in [1.29, 1.82) is 0 Å². The van der Waals surface area contributed by atoms with E-state index in [0.29, 0.717) is 39.1 Å². The summed E-state index contributed by atoms with van der Waals surface area (Å²) < 4.78 is 17.8. The van der Waals surface area contributed by atoms with E-state index in [1.807, 2.05) is 19.1 Å². The third-order valence-corrected chi connectivity index (χ3v) is 6.01. The molecular weight excluding hydrogens is 462 g/mol. The van der Waals surface area contributed by atoms with Gasteiger partial charge in [-0.05, 0) is 73.0 Å². The lowest BCUT2D eigenvalue weighted by molar-refractivity contribution is -0.106. The van der Waals surface area contributed by atoms with E-state index < -0.39 is 6.10 Å². The molecule has 8 heteroatoms. The first-order valence-electron chi connectivity index (χ1n) is 10.0. The highest BCUT2D eigenvalue weighted by Crippen LogP contribution is 2.40. The Morgan fingerprint density at radius 3 is 2.48 bits per heavy atom. The Kier molecular flexibility index (Phi) is 10.4. The van der Waals surface area contributed by atoms with Crippen molar-refractivity contribution in [3.05, 3.63) is 83.1 Å². The number of aliphatic hydroxyl groups is 1. The molecule has 0 fully saturated rings. The Balaban J connectivity index is 2.52. The van der Waals surface area contributed by atoms with Gasteiger partial charge in [-0.2, -0.15) is 0 Å². The molecule has 6 nitrogen and oxygen atoms in total. The SMILES string of the molecule is C=C/C(=C\C(=C/C)OC)C(O)c1cc(Cl)ccc1N(CC=O)Sc1ccc(OC)c(OC)c1. The van der Waals surface area contributed by atoms with E-state index in [-0.39, 0.29) is 6.54 Å². The largest absolute Gasteiger partial charge is 0.497 e. The molecule has 1 N–H and O–H groups in total. The van der Waals surface area contributed by atoms with Gasteiger partial charge in [0.2, 0.25) is 0 Å². The molecule has 2 aromatic carbocycles. The molecule has 1 atom stereocenters. The minimum atomic E-state index is -1.05. The maximum atomic E-state index is 11.5. The highest BCUT2D eigenvalue weighted by Gasteiger charge is 2.21. The minimum absolute atomic E-state index is 0.0751. The van der Waals surface area contributed by atoms with Crippen molar-refractivity contribution >= 4 is 35.5 Å². The number of methoxy groups -OCH3 is 3. The molecule has 0 aromatic heterocycles. The Labute approximate surface area is 204 Å². The van der Waals surface area contributed by atoms with Crippen LogP contribution in [0.25, 0.3) is 0 Å². The number of benzene rings is 2. The standard InChI is InChI=1S/C25H28ClNO5S/c1-6-17(14-19(7-2)30-3)25(29)21-15-18(26)8-10-22(21)27(12-13-28)33-20-9-11-23(31-4)24(16-20)32-5/h6-11,13-16,25,29H,1,12H2,2-5H3/b17-14+,19-7+. The molecule has 2 rings (SSSR count). The lowest BCUT2D eigenvalue weighted by Crippen LogP contribution is -2.19. The molecule has 0 aliphatic carbocycles. The zero-order chi connectivity index (χ0) is 24.4. The fourth-order valence-electron chi connectivity index (χ4n) is 3.08. The van der Waals surface area contributed by atoms with Gasteiger partial charge in [0, 0.05) is 15.5 Å². The monoisotopic (exact) mass is 489 g/mol. The molecule has 0 bridgehead atoms. The summed E-state index contributed by atoms with van der Waals surface area (Å²) in [5, 5.41) is 11.7. The van der Waals surface area contributed by atoms with Gasteiger partial charge in [-0.3, -0.25) is 0 Å². The third-order valence-electron chi connectivity index (χ3n) is 4.74. The van der Waals surface area contributed by atoms with Crippen molar-refractivity contribution < 1.29 is 24.1 Å². The quantitative estimate of drug-likeness (QED) is 0.176. The maximum absolute atomic E-state index is 11.5. The molecule has 0 aliphatic heterocycles. The van der Waals surface area contributed by atoms with Crippen molar-refractivity contribution in [1.82, 2.24) is 0 Å². The predicted molar refractivity (Wildman–Crippen MR) is 134 cm³/mol. The van der Waals surface area contributed by atoms with Gasteiger partial charge in [0.1, 0.15) is 18.1 Å². The smallest absolute Gasteiger partial charge is 0.161 e. The van der Waals surface area contributed by atoms with Gasteiger partial charge in [0.05, 0.1) is 33.6 Å². The summed E-state index contributed by atoms with van der Waals surface area (Å²) in [7, 11) is 4.68. The van der Waals surface area contributed by atoms with E-state index in [1.165, 1.54) is 11.9 Å². The van der Waals surface area contributed by atoms with Crippen LogP contribution in [0.1, 0.15) is 18.6 Å². The van der Waals surface area contributed by atoms with Gasteiger partial charge in [-0.1, -0.05) is 24.3 Å². The van der Waals surface area contributed by atoms with Crippen LogP contribution in [0.15, 0.2) is 77.4 Å². The van der Waals surface area contributed by atoms with E-state index in [1.54, 1.807) is 68.1 Å². The van der Waals surface area contributed by atoms with Crippen LogP contribution in [0.3, 0.4) is 0 Å². The highest BCUT2D eigenvalue weighted by atomic mass is 35.5. The van der Waals surface area contributed by atoms with Crippen molar-refractivity contribution in [2.24, 2.45) is 0 Å². The van der Waals surface area contributed by atoms with Crippen molar-refractivity contribution in [3.63, 3.8) is 0 Å². The minimum Gasteiger partial charge on any atom is -0.497 e. The van der Waals surface area contributed by atoms with Crippen LogP contribution in [0, 0.1) is 0 Å². The van der Waals surface area contributed by atoms with Crippen LogP contribution in [0.4, 0.5) is 5.69 Å². The second kappa shape index (κ2) is 13.0. The van der Waals surface area contributed by atoms with E-state index in [0.717, 1.165) is 11.2 Å². The third kappa shape index (κ3) is 6.81. The molecule has 0 spiro atoms. The van der Waals surface area contributed by atoms with E-state index in [9.17, 15) is 9.90 Å². The first kappa shape index (κ1) is 26.4. The Morgan fingerprint density at radius 1 is 1.18 bits per heavy atom. The topological polar surface area (TPSA) is 68.2 Å². The second-order valence-corrected chi connectivity index (χ2v) is 8.22. The number of aliphatic hydroxyl groups excluding tert-OH is 1. The molecule has 0 radical (unpaired) electrons. The van der Waals surface area contributed by atoms with Gasteiger partial charge in [-0.25, -0.2) is 0 Å². The summed E-state index contributed by atoms with van der Waals surface area (Å²) in [5.74, 6) is 1.75. The highest BCUT2D eigenvalue weighted by molar-refractivity contribution is 8.00. The molecule has 2 aromatic rings. The molecule has 0 aliphatic rings. The molecule has 0 heterocycles. The second-order valence-electron chi connectivity index (χ2n) is 6.69. The number of ether oxygens (including phenoxy) is 3. The van der Waals surface area contributed by atoms with Gasteiger partial charge < -0.3 is 28.4 Å². The predicted octanol–water partition coefficient (Wildman–Crippen LogP) is 5.77. The normalized spacial score (nSPS) is 12.7. The number of anilines is 1. The number of hydrogen-bond donors (Lipinski definition) is 1. The number of rotatable bonds is 12. The molecule has 33 heavy (non-hydrogen) atoms. The van der Waals surface area contributed by atoms with E-state index >= 15 is 0 Å². The number of nitrogens with zero attached hydrogens (tertiary/aromatic N) is 1. The summed E-state index contributed by atoms with van der Waals surface area (Å²) in [6.07, 6.45) is 4.78. The van der Waals surface area contributed by atoms with Crippen molar-refractivity contribution in [2.45, 2.75) is 17.9 Å². The van der Waals surface area contributed by atoms with Gasteiger partial charge in [0.15, 0.2) is 11.5 Å². The van der Waals surface area contributed by atoms with Gasteiger partial charge in [0.25, 0.3) is 0 Å². The maximum Gasteiger partial charge on any atom is 0.161 e. The fraction of sp³-hybridized carbons (Fsp3) is 0.240. The van der Waals surface area contributed by atoms with Crippen LogP contribution in [0.5, 0.6) is 11.5 Å². The first-order chi connectivity index (χ1) is 15.9. The zero-order valence-corrected chi connectivity index (χ0v) is 20.7. The summed E-state index contributed by atoms with van der Waals surface area (Å²) in [5.41, 5.74) is 1.68. The molecule has 0 saturated heterocycles. The summed E-state index contributed by atoms with van der Waals surface area (Å²) in [4.78, 5) is 12.3. The number of allylic oxidation sites excluding steroid dienone is 2. The number of carbonyl (C=O) groups is 1. The fourth-order valence-corrected chi connectivity index (χ4v) is 4.20. The first-order valence-corrected chi connectivity index (χ1v) is 11.2. The number of aldehydes is 1. The molecule has 1 unspecified atom stereocenters. The Morgan fingerprint density at radius 2 is 1.91 bits per heavy atom. The molecular formula is C25H28ClNO5S. The van der Waals surface area contributed by atoms with E-state index in [2.05, 4.69) is 6.58 Å². The molecule has 0 saturated carbocycles. The number of halogens is 1. The zero-order valence-electron chi connectivity index (χ0n) is 19.1. The molecule has 176 valence electrons. The van der Waals surface area contributed by atoms with E-state index in [4.69, 9.17) is 25.8 Å². The van der Waals surface area contributed by atoms with Crippen LogP contribution in [-0.2, 0) is 9.53 Å². The Hall–Kier alpha value is -2.87. The van der Waals surface area contributed by atoms with Gasteiger partial charge in [-0.15, -0.1) is 0 Å². The molecule has 0 amide bonds.